The van der Waals surface area contributed by atoms with E-state index < -0.39 is 11.7 Å². The van der Waals surface area contributed by atoms with E-state index in [1.165, 1.54) is 12.1 Å². The standard InChI is InChI=1S/C21H19F3N6/c1-12-27-17-6-5-16(14-10-18(25)29-19(26)11-14)28-20(17)30(12)8-7-13-3-2-4-15(9-13)21(22,23)24/h2-6,9-11H,7-8H2,1H3,(H4,25,26,29). The van der Waals surface area contributed by atoms with E-state index in [1.807, 2.05) is 23.6 Å². The van der Waals surface area contributed by atoms with Gasteiger partial charge in [0.15, 0.2) is 5.65 Å². The number of alkyl halides is 3. The van der Waals surface area contributed by atoms with E-state index in [1.54, 1.807) is 18.2 Å². The quantitative estimate of drug-likeness (QED) is 0.523. The predicted molar refractivity (Wildman–Crippen MR) is 109 cm³/mol. The van der Waals surface area contributed by atoms with Gasteiger partial charge in [0.1, 0.15) is 23.0 Å². The maximum absolute atomic E-state index is 13.0. The Morgan fingerprint density at radius 3 is 2.37 bits per heavy atom. The summed E-state index contributed by atoms with van der Waals surface area (Å²) < 4.78 is 40.8. The molecule has 4 rings (SSSR count). The SMILES string of the molecule is Cc1nc2ccc(-c3cc(N)nc(N)c3)nc2n1CCc1cccc(C(F)(F)F)c1. The number of fused-ring (bicyclic) bond motifs is 1. The van der Waals surface area contributed by atoms with Crippen LogP contribution in [0.25, 0.3) is 22.4 Å². The topological polar surface area (TPSA) is 95.6 Å². The van der Waals surface area contributed by atoms with Crippen LogP contribution >= 0.6 is 0 Å². The number of aromatic nitrogens is 4. The highest BCUT2D eigenvalue weighted by Gasteiger charge is 2.30. The van der Waals surface area contributed by atoms with Crippen LogP contribution in [-0.4, -0.2) is 19.5 Å². The molecule has 0 spiro atoms. The Bertz CT molecular complexity index is 1210. The molecule has 1 aromatic carbocycles. The first-order valence-corrected chi connectivity index (χ1v) is 9.24. The number of hydrogen-bond acceptors (Lipinski definition) is 5. The number of imidazole rings is 1. The summed E-state index contributed by atoms with van der Waals surface area (Å²) in [7, 11) is 0. The molecular weight excluding hydrogens is 393 g/mol. The molecule has 0 aliphatic rings. The van der Waals surface area contributed by atoms with Gasteiger partial charge in [0.05, 0.1) is 11.3 Å². The van der Waals surface area contributed by atoms with Crippen LogP contribution in [0.5, 0.6) is 0 Å². The molecule has 0 saturated carbocycles. The van der Waals surface area contributed by atoms with Gasteiger partial charge in [-0.15, -0.1) is 0 Å². The van der Waals surface area contributed by atoms with Crippen molar-refractivity contribution in [3.8, 4) is 11.3 Å². The van der Waals surface area contributed by atoms with E-state index in [9.17, 15) is 13.2 Å². The molecule has 0 fully saturated rings. The van der Waals surface area contributed by atoms with Crippen LogP contribution in [0.3, 0.4) is 0 Å². The number of anilines is 2. The van der Waals surface area contributed by atoms with Gasteiger partial charge in [0.25, 0.3) is 0 Å². The van der Waals surface area contributed by atoms with Crippen LogP contribution in [0.15, 0.2) is 48.5 Å². The van der Waals surface area contributed by atoms with Crippen LogP contribution in [0.1, 0.15) is 17.0 Å². The summed E-state index contributed by atoms with van der Waals surface area (Å²) in [6.45, 7) is 2.29. The molecule has 30 heavy (non-hydrogen) atoms. The first-order chi connectivity index (χ1) is 14.2. The zero-order valence-corrected chi connectivity index (χ0v) is 16.1. The van der Waals surface area contributed by atoms with Crippen molar-refractivity contribution in [3.63, 3.8) is 0 Å². The third kappa shape index (κ3) is 3.91. The normalized spacial score (nSPS) is 11.9. The van der Waals surface area contributed by atoms with Gasteiger partial charge in [-0.3, -0.25) is 0 Å². The van der Waals surface area contributed by atoms with E-state index in [0.717, 1.165) is 17.5 Å². The zero-order chi connectivity index (χ0) is 21.5. The summed E-state index contributed by atoms with van der Waals surface area (Å²) >= 11 is 0. The summed E-state index contributed by atoms with van der Waals surface area (Å²) in [6, 6.07) is 12.4. The highest BCUT2D eigenvalue weighted by atomic mass is 19.4. The lowest BCUT2D eigenvalue weighted by molar-refractivity contribution is -0.137. The molecule has 3 aromatic heterocycles. The number of pyridine rings is 2. The van der Waals surface area contributed by atoms with E-state index >= 15 is 0 Å². The minimum Gasteiger partial charge on any atom is -0.384 e. The van der Waals surface area contributed by atoms with Crippen molar-refractivity contribution in [2.24, 2.45) is 0 Å². The molecule has 0 amide bonds. The van der Waals surface area contributed by atoms with Gasteiger partial charge in [-0.25, -0.2) is 15.0 Å². The van der Waals surface area contributed by atoms with Crippen molar-refractivity contribution in [2.45, 2.75) is 26.1 Å². The summed E-state index contributed by atoms with van der Waals surface area (Å²) in [5.74, 6) is 1.32. The number of halogens is 3. The Morgan fingerprint density at radius 2 is 1.67 bits per heavy atom. The largest absolute Gasteiger partial charge is 0.416 e. The van der Waals surface area contributed by atoms with Crippen LogP contribution in [0.2, 0.25) is 0 Å². The minimum atomic E-state index is -4.36. The smallest absolute Gasteiger partial charge is 0.384 e. The summed E-state index contributed by atoms with van der Waals surface area (Å²) in [5, 5.41) is 0. The fourth-order valence-electron chi connectivity index (χ4n) is 3.41. The Labute approximate surface area is 170 Å². The Balaban J connectivity index is 1.67. The lowest BCUT2D eigenvalue weighted by Crippen LogP contribution is -2.08. The van der Waals surface area contributed by atoms with Gasteiger partial charge in [0.2, 0.25) is 0 Å². The molecule has 0 radical (unpaired) electrons. The zero-order valence-electron chi connectivity index (χ0n) is 16.1. The Morgan fingerprint density at radius 1 is 0.933 bits per heavy atom. The number of hydrogen-bond donors (Lipinski definition) is 2. The van der Waals surface area contributed by atoms with Crippen molar-refractivity contribution >= 4 is 22.8 Å². The summed E-state index contributed by atoms with van der Waals surface area (Å²) in [5.41, 5.74) is 14.2. The van der Waals surface area contributed by atoms with Crippen LogP contribution in [0.4, 0.5) is 24.8 Å². The van der Waals surface area contributed by atoms with Gasteiger partial charge in [-0.1, -0.05) is 18.2 Å². The fourth-order valence-corrected chi connectivity index (χ4v) is 3.41. The van der Waals surface area contributed by atoms with E-state index in [-0.39, 0.29) is 0 Å². The molecule has 0 saturated heterocycles. The number of nitrogens with zero attached hydrogens (tertiary/aromatic N) is 4. The Kier molecular flexibility index (Phi) is 4.81. The van der Waals surface area contributed by atoms with Crippen molar-refractivity contribution in [1.29, 1.82) is 0 Å². The molecule has 0 atom stereocenters. The fraction of sp³-hybridized carbons (Fsp3) is 0.190. The van der Waals surface area contributed by atoms with E-state index in [4.69, 9.17) is 16.5 Å². The Hall–Kier alpha value is -3.62. The molecule has 0 aliphatic heterocycles. The summed E-state index contributed by atoms with van der Waals surface area (Å²) in [4.78, 5) is 13.2. The van der Waals surface area contributed by atoms with E-state index in [2.05, 4.69) is 9.97 Å². The molecule has 4 aromatic rings. The average Bonchev–Trinajstić information content (AvgIpc) is 2.99. The van der Waals surface area contributed by atoms with Gasteiger partial charge >= 0.3 is 6.18 Å². The maximum atomic E-state index is 13.0. The molecule has 4 N–H and O–H groups in total. The average molecular weight is 412 g/mol. The molecule has 0 aliphatic carbocycles. The highest BCUT2D eigenvalue weighted by Crippen LogP contribution is 2.30. The summed E-state index contributed by atoms with van der Waals surface area (Å²) in [6.07, 6.45) is -3.95. The minimum absolute atomic E-state index is 0.293. The number of aryl methyl sites for hydroxylation is 3. The molecule has 0 unspecified atom stereocenters. The number of rotatable bonds is 4. The van der Waals surface area contributed by atoms with Crippen molar-refractivity contribution < 1.29 is 13.2 Å². The monoisotopic (exact) mass is 412 g/mol. The first kappa shape index (κ1) is 19.7. The first-order valence-electron chi connectivity index (χ1n) is 9.24. The molecule has 0 bridgehead atoms. The van der Waals surface area contributed by atoms with E-state index in [0.29, 0.717) is 47.0 Å². The van der Waals surface area contributed by atoms with Gasteiger partial charge < -0.3 is 16.0 Å². The third-order valence-electron chi connectivity index (χ3n) is 4.82. The molecule has 154 valence electrons. The van der Waals surface area contributed by atoms with Crippen molar-refractivity contribution in [3.05, 3.63) is 65.5 Å². The number of benzene rings is 1. The molecule has 3 heterocycles. The van der Waals surface area contributed by atoms with Crippen LogP contribution in [-0.2, 0) is 19.1 Å². The second-order valence-corrected chi connectivity index (χ2v) is 7.00. The number of nitrogens with two attached hydrogens (primary N) is 2. The maximum Gasteiger partial charge on any atom is 0.416 e. The lowest BCUT2D eigenvalue weighted by atomic mass is 10.1. The van der Waals surface area contributed by atoms with Crippen molar-refractivity contribution in [1.82, 2.24) is 19.5 Å². The van der Waals surface area contributed by atoms with Crippen LogP contribution < -0.4 is 11.5 Å². The highest BCUT2D eigenvalue weighted by molar-refractivity contribution is 5.77. The van der Waals surface area contributed by atoms with Crippen LogP contribution in [0, 0.1) is 6.92 Å². The molecule has 9 heteroatoms. The van der Waals surface area contributed by atoms with Gasteiger partial charge in [0, 0.05) is 12.1 Å². The van der Waals surface area contributed by atoms with Crippen molar-refractivity contribution in [2.75, 3.05) is 11.5 Å². The second-order valence-electron chi connectivity index (χ2n) is 7.00. The third-order valence-corrected chi connectivity index (χ3v) is 4.82. The number of nitrogen functional groups attached to an aromatic ring is 2. The van der Waals surface area contributed by atoms with Gasteiger partial charge in [-0.05, 0) is 49.2 Å². The molecule has 6 nitrogen and oxygen atoms in total. The lowest BCUT2D eigenvalue weighted by Gasteiger charge is -2.10. The molecular formula is C21H19F3N6. The predicted octanol–water partition coefficient (Wildman–Crippen LogP) is 4.23. The van der Waals surface area contributed by atoms with Gasteiger partial charge in [-0.2, -0.15) is 13.2 Å². The second kappa shape index (κ2) is 7.33.